The first-order chi connectivity index (χ1) is 15.0. The fourth-order valence-corrected chi connectivity index (χ4v) is 3.34. The van der Waals surface area contributed by atoms with Crippen molar-refractivity contribution in [3.05, 3.63) is 95.9 Å². The van der Waals surface area contributed by atoms with E-state index in [2.05, 4.69) is 10.3 Å². The summed E-state index contributed by atoms with van der Waals surface area (Å²) in [6, 6.07) is 18.7. The van der Waals surface area contributed by atoms with E-state index in [1.54, 1.807) is 48.7 Å². The first-order valence-electron chi connectivity index (χ1n) is 9.62. The number of hydrogen-bond acceptors (Lipinski definition) is 3. The Hall–Kier alpha value is -4.13. The smallest absolute Gasteiger partial charge is 0.326 e. The van der Waals surface area contributed by atoms with Gasteiger partial charge in [0.25, 0.3) is 5.91 Å². The van der Waals surface area contributed by atoms with E-state index < -0.39 is 17.9 Å². The zero-order valence-corrected chi connectivity index (χ0v) is 16.3. The average Bonchev–Trinajstić information content (AvgIpc) is 3.16. The molecule has 0 saturated carbocycles. The quantitative estimate of drug-likeness (QED) is 0.411. The third-order valence-electron chi connectivity index (χ3n) is 4.86. The molecule has 4 rings (SSSR count). The third-order valence-corrected chi connectivity index (χ3v) is 4.86. The number of aromatic nitrogens is 1. The largest absolute Gasteiger partial charge is 0.480 e. The number of aliphatic carboxylic acids is 1. The number of H-pyrrole nitrogens is 1. The number of amides is 1. The van der Waals surface area contributed by atoms with Crippen LogP contribution in [0.25, 0.3) is 10.9 Å². The fourth-order valence-electron chi connectivity index (χ4n) is 3.34. The first kappa shape index (κ1) is 20.2. The molecule has 3 N–H and O–H groups in total. The van der Waals surface area contributed by atoms with Crippen LogP contribution in [0.2, 0.25) is 0 Å². The first-order valence-corrected chi connectivity index (χ1v) is 9.62. The molecule has 1 aromatic heterocycles. The predicted octanol–water partition coefficient (Wildman–Crippen LogP) is 4.53. The maximum Gasteiger partial charge on any atom is 0.326 e. The van der Waals surface area contributed by atoms with E-state index in [1.807, 2.05) is 18.2 Å². The lowest BCUT2D eigenvalue weighted by Gasteiger charge is -2.16. The molecule has 7 heteroatoms. The predicted molar refractivity (Wildman–Crippen MR) is 114 cm³/mol. The summed E-state index contributed by atoms with van der Waals surface area (Å²) in [5.41, 5.74) is 1.45. The van der Waals surface area contributed by atoms with Gasteiger partial charge >= 0.3 is 5.97 Å². The number of benzene rings is 3. The van der Waals surface area contributed by atoms with Gasteiger partial charge in [0.2, 0.25) is 0 Å². The highest BCUT2D eigenvalue weighted by molar-refractivity contribution is 5.99. The van der Waals surface area contributed by atoms with Crippen LogP contribution in [0.5, 0.6) is 11.5 Å². The molecule has 4 aromatic rings. The van der Waals surface area contributed by atoms with Crippen molar-refractivity contribution in [3.8, 4) is 11.5 Å². The topological polar surface area (TPSA) is 91.4 Å². The van der Waals surface area contributed by atoms with Crippen LogP contribution >= 0.6 is 0 Å². The van der Waals surface area contributed by atoms with Crippen LogP contribution in [0.1, 0.15) is 15.9 Å². The molecular weight excluding hydrogens is 399 g/mol. The number of carbonyl (C=O) groups excluding carboxylic acids is 1. The third kappa shape index (κ3) is 4.56. The highest BCUT2D eigenvalue weighted by atomic mass is 19.1. The Morgan fingerprint density at radius 2 is 1.77 bits per heavy atom. The molecule has 1 heterocycles. The summed E-state index contributed by atoms with van der Waals surface area (Å²) < 4.78 is 19.2. The number of carboxylic acid groups (broad SMARTS) is 1. The zero-order chi connectivity index (χ0) is 21.8. The summed E-state index contributed by atoms with van der Waals surface area (Å²) in [6.07, 6.45) is 1.66. The second-order valence-electron chi connectivity index (χ2n) is 6.98. The Balaban J connectivity index is 1.55. The second-order valence-corrected chi connectivity index (χ2v) is 6.98. The number of para-hydroxylation sites is 2. The van der Waals surface area contributed by atoms with Crippen molar-refractivity contribution in [2.45, 2.75) is 12.5 Å². The number of carboxylic acids is 1. The highest BCUT2D eigenvalue weighted by Crippen LogP contribution is 2.25. The number of hydrogen-bond donors (Lipinski definition) is 3. The molecule has 0 aliphatic rings. The van der Waals surface area contributed by atoms with E-state index >= 15 is 0 Å². The molecule has 0 bridgehead atoms. The molecule has 0 aliphatic heterocycles. The number of fused-ring (bicyclic) bond motifs is 1. The van der Waals surface area contributed by atoms with Crippen LogP contribution in [-0.2, 0) is 11.2 Å². The van der Waals surface area contributed by atoms with Gasteiger partial charge in [-0.2, -0.15) is 0 Å². The molecule has 156 valence electrons. The van der Waals surface area contributed by atoms with E-state index in [1.165, 1.54) is 12.1 Å². The molecule has 3 aromatic carbocycles. The number of nitrogens with one attached hydrogen (secondary N) is 2. The summed E-state index contributed by atoms with van der Waals surface area (Å²) in [5.74, 6) is -1.25. The van der Waals surface area contributed by atoms with Crippen LogP contribution < -0.4 is 10.1 Å². The van der Waals surface area contributed by atoms with E-state index in [-0.39, 0.29) is 17.8 Å². The van der Waals surface area contributed by atoms with Gasteiger partial charge in [-0.05, 0) is 48.0 Å². The van der Waals surface area contributed by atoms with Gasteiger partial charge in [-0.25, -0.2) is 9.18 Å². The second kappa shape index (κ2) is 8.71. The van der Waals surface area contributed by atoms with E-state index in [0.29, 0.717) is 28.0 Å². The van der Waals surface area contributed by atoms with Crippen molar-refractivity contribution in [2.75, 3.05) is 0 Å². The Morgan fingerprint density at radius 1 is 1.03 bits per heavy atom. The van der Waals surface area contributed by atoms with E-state index in [4.69, 9.17) is 4.74 Å². The van der Waals surface area contributed by atoms with Crippen LogP contribution in [-0.4, -0.2) is 28.0 Å². The molecular formula is C24H19FN2O4. The van der Waals surface area contributed by atoms with Gasteiger partial charge in [-0.1, -0.05) is 30.3 Å². The minimum absolute atomic E-state index is 0.0361. The Kier molecular flexibility index (Phi) is 5.66. The summed E-state index contributed by atoms with van der Waals surface area (Å²) in [7, 11) is 0. The Bertz CT molecular complexity index is 1240. The standard InChI is InChI=1S/C24H19FN2O4/c25-16-10-11-18-15(14-26-20(18)13-16)12-21(24(29)30)27-23(28)19-8-4-5-9-22(19)31-17-6-2-1-3-7-17/h1-11,13-14,21,26H,12H2,(H,27,28)(H,29,30)/t21-/m0/s1. The lowest BCUT2D eigenvalue weighted by molar-refractivity contribution is -0.139. The molecule has 0 saturated heterocycles. The molecule has 1 amide bonds. The Morgan fingerprint density at radius 3 is 2.55 bits per heavy atom. The van der Waals surface area contributed by atoms with Gasteiger partial charge in [-0.15, -0.1) is 0 Å². The zero-order valence-electron chi connectivity index (χ0n) is 16.3. The summed E-state index contributed by atoms with van der Waals surface area (Å²) in [4.78, 5) is 27.7. The fraction of sp³-hybridized carbons (Fsp3) is 0.0833. The molecule has 0 unspecified atom stereocenters. The van der Waals surface area contributed by atoms with Crippen LogP contribution in [0.15, 0.2) is 79.0 Å². The minimum Gasteiger partial charge on any atom is -0.480 e. The average molecular weight is 418 g/mol. The molecule has 31 heavy (non-hydrogen) atoms. The van der Waals surface area contributed by atoms with Crippen molar-refractivity contribution >= 4 is 22.8 Å². The van der Waals surface area contributed by atoms with Gasteiger partial charge in [0.1, 0.15) is 23.4 Å². The van der Waals surface area contributed by atoms with Gasteiger partial charge in [0.05, 0.1) is 5.56 Å². The van der Waals surface area contributed by atoms with E-state index in [0.717, 1.165) is 0 Å². The molecule has 0 radical (unpaired) electrons. The van der Waals surface area contributed by atoms with Crippen molar-refractivity contribution in [3.63, 3.8) is 0 Å². The monoisotopic (exact) mass is 418 g/mol. The maximum atomic E-state index is 13.4. The molecule has 0 spiro atoms. The molecule has 0 fully saturated rings. The Labute approximate surface area is 177 Å². The summed E-state index contributed by atoms with van der Waals surface area (Å²) in [6.45, 7) is 0. The van der Waals surface area contributed by atoms with Crippen molar-refractivity contribution < 1.29 is 23.8 Å². The number of rotatable bonds is 7. The van der Waals surface area contributed by atoms with Crippen molar-refractivity contribution in [2.24, 2.45) is 0 Å². The number of carbonyl (C=O) groups is 2. The van der Waals surface area contributed by atoms with Crippen LogP contribution in [0.3, 0.4) is 0 Å². The maximum absolute atomic E-state index is 13.4. The van der Waals surface area contributed by atoms with Crippen LogP contribution in [0.4, 0.5) is 4.39 Å². The van der Waals surface area contributed by atoms with Crippen LogP contribution in [0, 0.1) is 5.82 Å². The highest BCUT2D eigenvalue weighted by Gasteiger charge is 2.24. The summed E-state index contributed by atoms with van der Waals surface area (Å²) >= 11 is 0. The van der Waals surface area contributed by atoms with Gasteiger partial charge in [0.15, 0.2) is 0 Å². The minimum atomic E-state index is -1.18. The number of halogens is 1. The van der Waals surface area contributed by atoms with Gasteiger partial charge in [-0.3, -0.25) is 4.79 Å². The SMILES string of the molecule is O=C(N[C@@H](Cc1c[nH]c2cc(F)ccc12)C(=O)O)c1ccccc1Oc1ccccc1. The van der Waals surface area contributed by atoms with Gasteiger partial charge in [0, 0.05) is 23.5 Å². The molecule has 1 atom stereocenters. The van der Waals surface area contributed by atoms with Crippen molar-refractivity contribution in [1.29, 1.82) is 0 Å². The van der Waals surface area contributed by atoms with Gasteiger partial charge < -0.3 is 20.1 Å². The van der Waals surface area contributed by atoms with Crippen molar-refractivity contribution in [1.82, 2.24) is 10.3 Å². The lowest BCUT2D eigenvalue weighted by atomic mass is 10.0. The molecule has 6 nitrogen and oxygen atoms in total. The normalized spacial score (nSPS) is 11.8. The number of ether oxygens (including phenoxy) is 1. The molecule has 0 aliphatic carbocycles. The lowest BCUT2D eigenvalue weighted by Crippen LogP contribution is -2.42. The van der Waals surface area contributed by atoms with E-state index in [9.17, 15) is 19.1 Å². The summed E-state index contributed by atoms with van der Waals surface area (Å²) in [5, 5.41) is 12.9. The number of aromatic amines is 1.